The van der Waals surface area contributed by atoms with Gasteiger partial charge in [0.2, 0.25) is 0 Å². The standard InChI is InChI=1S/C17H29N3O.ClH/c1-5-18-12-15-7-9-19(10-8-15)17(21)16-11-13(3)20(6-2)14(16)4;/h11,15,18H,5-10,12H2,1-4H3;1H. The van der Waals surface area contributed by atoms with E-state index >= 15 is 0 Å². The molecule has 1 aliphatic rings. The molecule has 1 fully saturated rings. The highest BCUT2D eigenvalue weighted by atomic mass is 35.5. The number of nitrogens with zero attached hydrogens (tertiary/aromatic N) is 2. The van der Waals surface area contributed by atoms with Crippen molar-refractivity contribution in [1.82, 2.24) is 14.8 Å². The molecule has 0 unspecified atom stereocenters. The van der Waals surface area contributed by atoms with E-state index in [0.29, 0.717) is 0 Å². The van der Waals surface area contributed by atoms with Crippen molar-refractivity contribution in [3.8, 4) is 0 Å². The van der Waals surface area contributed by atoms with E-state index in [1.807, 2.05) is 11.0 Å². The molecule has 1 N–H and O–H groups in total. The number of aromatic nitrogens is 1. The minimum atomic E-state index is 0. The minimum absolute atomic E-state index is 0. The minimum Gasteiger partial charge on any atom is -0.349 e. The van der Waals surface area contributed by atoms with Crippen LogP contribution in [0.1, 0.15) is 48.4 Å². The molecule has 4 nitrogen and oxygen atoms in total. The van der Waals surface area contributed by atoms with Crippen LogP contribution in [-0.2, 0) is 6.54 Å². The summed E-state index contributed by atoms with van der Waals surface area (Å²) in [5.41, 5.74) is 3.18. The topological polar surface area (TPSA) is 37.3 Å². The molecule has 0 radical (unpaired) electrons. The van der Waals surface area contributed by atoms with Crippen LogP contribution in [0, 0.1) is 19.8 Å². The van der Waals surface area contributed by atoms with Gasteiger partial charge in [-0.25, -0.2) is 0 Å². The molecule has 0 aliphatic carbocycles. The van der Waals surface area contributed by atoms with Crippen molar-refractivity contribution in [3.05, 3.63) is 23.0 Å². The zero-order chi connectivity index (χ0) is 15.4. The van der Waals surface area contributed by atoms with Crippen molar-refractivity contribution in [2.24, 2.45) is 5.92 Å². The van der Waals surface area contributed by atoms with E-state index in [1.54, 1.807) is 0 Å². The predicted octanol–water partition coefficient (Wildman–Crippen LogP) is 3.01. The van der Waals surface area contributed by atoms with Crippen LogP contribution in [0.2, 0.25) is 0 Å². The normalized spacial score (nSPS) is 15.7. The first-order chi connectivity index (χ1) is 10.1. The van der Waals surface area contributed by atoms with Gasteiger partial charge in [0, 0.05) is 31.0 Å². The van der Waals surface area contributed by atoms with E-state index in [0.717, 1.165) is 62.7 Å². The Hall–Kier alpha value is -1.00. The van der Waals surface area contributed by atoms with Gasteiger partial charge in [0.05, 0.1) is 5.56 Å². The number of carbonyl (C=O) groups excluding carboxylic acids is 1. The van der Waals surface area contributed by atoms with Crippen molar-refractivity contribution in [3.63, 3.8) is 0 Å². The third-order valence-corrected chi connectivity index (χ3v) is 4.71. The number of piperidine rings is 1. The van der Waals surface area contributed by atoms with E-state index < -0.39 is 0 Å². The number of hydrogen-bond donors (Lipinski definition) is 1. The van der Waals surface area contributed by atoms with E-state index in [9.17, 15) is 4.79 Å². The number of amides is 1. The first kappa shape index (κ1) is 19.0. The number of halogens is 1. The second-order valence-electron chi connectivity index (χ2n) is 6.07. The highest BCUT2D eigenvalue weighted by Crippen LogP contribution is 2.21. The Morgan fingerprint density at radius 3 is 2.41 bits per heavy atom. The average Bonchev–Trinajstić information content (AvgIpc) is 2.79. The Morgan fingerprint density at radius 2 is 1.91 bits per heavy atom. The Balaban J connectivity index is 0.00000242. The maximum Gasteiger partial charge on any atom is 0.255 e. The molecule has 0 spiro atoms. The molecule has 5 heteroatoms. The lowest BCUT2D eigenvalue weighted by molar-refractivity contribution is 0.0689. The van der Waals surface area contributed by atoms with Gasteiger partial charge >= 0.3 is 0 Å². The van der Waals surface area contributed by atoms with Crippen LogP contribution in [0.5, 0.6) is 0 Å². The molecule has 1 amide bonds. The molecule has 126 valence electrons. The monoisotopic (exact) mass is 327 g/mol. The quantitative estimate of drug-likeness (QED) is 0.902. The second-order valence-corrected chi connectivity index (χ2v) is 6.07. The third kappa shape index (κ3) is 4.05. The van der Waals surface area contributed by atoms with Crippen LogP contribution < -0.4 is 5.32 Å². The number of hydrogen-bond acceptors (Lipinski definition) is 2. The summed E-state index contributed by atoms with van der Waals surface area (Å²) in [5.74, 6) is 0.932. The maximum absolute atomic E-state index is 12.7. The van der Waals surface area contributed by atoms with Crippen molar-refractivity contribution in [1.29, 1.82) is 0 Å². The molecule has 0 atom stereocenters. The largest absolute Gasteiger partial charge is 0.349 e. The lowest BCUT2D eigenvalue weighted by Crippen LogP contribution is -2.40. The van der Waals surface area contributed by atoms with Gasteiger partial charge in [-0.1, -0.05) is 6.92 Å². The molecule has 0 saturated carbocycles. The SMILES string of the molecule is CCNCC1CCN(C(=O)c2cc(C)n(CC)c2C)CC1.Cl. The molecule has 1 aromatic rings. The van der Waals surface area contributed by atoms with E-state index in [1.165, 1.54) is 5.69 Å². The molecule has 1 saturated heterocycles. The molecular weight excluding hydrogens is 298 g/mol. The molecule has 2 heterocycles. The zero-order valence-electron chi connectivity index (χ0n) is 14.3. The summed E-state index contributed by atoms with van der Waals surface area (Å²) in [6.45, 7) is 13.2. The summed E-state index contributed by atoms with van der Waals surface area (Å²) >= 11 is 0. The summed E-state index contributed by atoms with van der Waals surface area (Å²) in [5, 5.41) is 3.41. The van der Waals surface area contributed by atoms with E-state index in [2.05, 4.69) is 37.6 Å². The van der Waals surface area contributed by atoms with Crippen LogP contribution >= 0.6 is 12.4 Å². The van der Waals surface area contributed by atoms with E-state index in [-0.39, 0.29) is 18.3 Å². The predicted molar refractivity (Wildman–Crippen MR) is 94.0 cm³/mol. The summed E-state index contributed by atoms with van der Waals surface area (Å²) in [6.07, 6.45) is 2.23. The average molecular weight is 328 g/mol. The molecule has 22 heavy (non-hydrogen) atoms. The van der Waals surface area contributed by atoms with Gasteiger partial charge in [-0.15, -0.1) is 12.4 Å². The Kier molecular flexibility index (Phi) is 7.43. The summed E-state index contributed by atoms with van der Waals surface area (Å²) < 4.78 is 2.21. The van der Waals surface area contributed by atoms with Crippen molar-refractivity contribution in [2.45, 2.75) is 47.1 Å². The second kappa shape index (κ2) is 8.59. The molecule has 1 aliphatic heterocycles. The number of carbonyl (C=O) groups is 1. The number of likely N-dealkylation sites (tertiary alicyclic amines) is 1. The van der Waals surface area contributed by atoms with Crippen molar-refractivity contribution < 1.29 is 4.79 Å². The van der Waals surface area contributed by atoms with Gasteiger partial charge in [-0.2, -0.15) is 0 Å². The fourth-order valence-electron chi connectivity index (χ4n) is 3.36. The van der Waals surface area contributed by atoms with Gasteiger partial charge in [0.25, 0.3) is 5.91 Å². The Bertz CT molecular complexity index is 490. The smallest absolute Gasteiger partial charge is 0.255 e. The van der Waals surface area contributed by atoms with Crippen molar-refractivity contribution in [2.75, 3.05) is 26.2 Å². The lowest BCUT2D eigenvalue weighted by atomic mass is 9.96. The number of rotatable bonds is 5. The number of nitrogens with one attached hydrogen (secondary N) is 1. The van der Waals surface area contributed by atoms with Gasteiger partial charge in [0.15, 0.2) is 0 Å². The van der Waals surface area contributed by atoms with Gasteiger partial charge < -0.3 is 14.8 Å². The Labute approximate surface area is 140 Å². The lowest BCUT2D eigenvalue weighted by Gasteiger charge is -2.32. The summed E-state index contributed by atoms with van der Waals surface area (Å²) in [7, 11) is 0. The zero-order valence-corrected chi connectivity index (χ0v) is 15.1. The van der Waals surface area contributed by atoms with Crippen LogP contribution in [0.3, 0.4) is 0 Å². The summed E-state index contributed by atoms with van der Waals surface area (Å²) in [6, 6.07) is 2.05. The first-order valence-electron chi connectivity index (χ1n) is 8.25. The van der Waals surface area contributed by atoms with Gasteiger partial charge in [-0.3, -0.25) is 4.79 Å². The highest BCUT2D eigenvalue weighted by molar-refractivity contribution is 5.95. The fourth-order valence-corrected chi connectivity index (χ4v) is 3.36. The van der Waals surface area contributed by atoms with Gasteiger partial charge in [0.1, 0.15) is 0 Å². The highest BCUT2D eigenvalue weighted by Gasteiger charge is 2.25. The summed E-state index contributed by atoms with van der Waals surface area (Å²) in [4.78, 5) is 14.8. The van der Waals surface area contributed by atoms with Crippen molar-refractivity contribution >= 4 is 18.3 Å². The molecular formula is C17H30ClN3O. The van der Waals surface area contributed by atoms with E-state index in [4.69, 9.17) is 0 Å². The van der Waals surface area contributed by atoms with Crippen LogP contribution in [0.15, 0.2) is 6.07 Å². The number of aryl methyl sites for hydroxylation is 1. The van der Waals surface area contributed by atoms with Gasteiger partial charge in [-0.05, 0) is 58.7 Å². The van der Waals surface area contributed by atoms with Crippen LogP contribution in [-0.4, -0.2) is 41.6 Å². The first-order valence-corrected chi connectivity index (χ1v) is 8.25. The molecule has 2 rings (SSSR count). The molecule has 0 aromatic carbocycles. The molecule has 0 bridgehead atoms. The maximum atomic E-state index is 12.7. The molecule has 1 aromatic heterocycles. The van der Waals surface area contributed by atoms with Crippen LogP contribution in [0.25, 0.3) is 0 Å². The van der Waals surface area contributed by atoms with Crippen LogP contribution in [0.4, 0.5) is 0 Å². The Morgan fingerprint density at radius 1 is 1.27 bits per heavy atom. The fraction of sp³-hybridized carbons (Fsp3) is 0.706. The third-order valence-electron chi connectivity index (χ3n) is 4.71.